The summed E-state index contributed by atoms with van der Waals surface area (Å²) in [5, 5.41) is 4.19. The first-order valence-electron chi connectivity index (χ1n) is 7.51. The van der Waals surface area contributed by atoms with E-state index in [0.717, 1.165) is 39.5 Å². The van der Waals surface area contributed by atoms with Gasteiger partial charge in [0.1, 0.15) is 17.8 Å². The summed E-state index contributed by atoms with van der Waals surface area (Å²) in [4.78, 5) is 12.0. The molecule has 6 heteroatoms. The predicted octanol–water partition coefficient (Wildman–Crippen LogP) is 3.53. The minimum absolute atomic E-state index is 0.694. The van der Waals surface area contributed by atoms with Gasteiger partial charge in [-0.3, -0.25) is 0 Å². The highest BCUT2D eigenvalue weighted by Gasteiger charge is 2.10. The Morgan fingerprint density at radius 3 is 2.46 bits per heavy atom. The van der Waals surface area contributed by atoms with Crippen molar-refractivity contribution < 1.29 is 0 Å². The van der Waals surface area contributed by atoms with Crippen LogP contribution in [0.15, 0.2) is 60.9 Å². The normalized spacial score (nSPS) is 10.8. The average Bonchev–Trinajstić information content (AvgIpc) is 3.00. The number of hydrogen-bond donors (Lipinski definition) is 4. The monoisotopic (exact) mass is 316 g/mol. The zero-order valence-electron chi connectivity index (χ0n) is 12.8. The lowest BCUT2D eigenvalue weighted by atomic mass is 10.1. The first-order chi connectivity index (χ1) is 11.7. The zero-order valence-corrected chi connectivity index (χ0v) is 12.8. The fourth-order valence-corrected chi connectivity index (χ4v) is 2.65. The van der Waals surface area contributed by atoms with Crippen molar-refractivity contribution >= 4 is 33.9 Å². The maximum atomic E-state index is 5.87. The first kappa shape index (κ1) is 14.1. The number of anilines is 4. The molecule has 0 aliphatic heterocycles. The molecule has 0 radical (unpaired) electrons. The van der Waals surface area contributed by atoms with Crippen LogP contribution in [-0.4, -0.2) is 15.0 Å². The molecule has 4 aromatic rings. The van der Waals surface area contributed by atoms with Crippen molar-refractivity contribution in [2.24, 2.45) is 0 Å². The van der Waals surface area contributed by atoms with Gasteiger partial charge in [-0.1, -0.05) is 18.2 Å². The minimum atomic E-state index is 0.694. The molecule has 4 rings (SSSR count). The Balaban J connectivity index is 1.77. The Morgan fingerprint density at radius 1 is 0.875 bits per heavy atom. The van der Waals surface area contributed by atoms with Crippen LogP contribution in [0.3, 0.4) is 0 Å². The van der Waals surface area contributed by atoms with Crippen LogP contribution in [0.2, 0.25) is 0 Å². The molecule has 0 unspecified atom stereocenters. The highest BCUT2D eigenvalue weighted by Crippen LogP contribution is 2.29. The van der Waals surface area contributed by atoms with Crippen molar-refractivity contribution in [3.05, 3.63) is 60.9 Å². The van der Waals surface area contributed by atoms with E-state index in [4.69, 9.17) is 11.5 Å². The second kappa shape index (κ2) is 5.58. The number of hydrogen-bond acceptors (Lipinski definition) is 5. The molecule has 118 valence electrons. The summed E-state index contributed by atoms with van der Waals surface area (Å²) in [6.07, 6.45) is 1.52. The van der Waals surface area contributed by atoms with Crippen LogP contribution in [0.25, 0.3) is 22.3 Å². The van der Waals surface area contributed by atoms with Gasteiger partial charge in [0.25, 0.3) is 0 Å². The maximum absolute atomic E-state index is 5.87. The maximum Gasteiger partial charge on any atom is 0.143 e. The minimum Gasteiger partial charge on any atom is -0.399 e. The summed E-state index contributed by atoms with van der Waals surface area (Å²) in [6, 6.07) is 17.3. The van der Waals surface area contributed by atoms with Crippen molar-refractivity contribution in [2.75, 3.05) is 16.8 Å². The molecule has 2 aromatic heterocycles. The predicted molar refractivity (Wildman–Crippen MR) is 97.9 cm³/mol. The quantitative estimate of drug-likeness (QED) is 0.433. The van der Waals surface area contributed by atoms with Gasteiger partial charge in [0.15, 0.2) is 0 Å². The smallest absolute Gasteiger partial charge is 0.143 e. The molecule has 0 aliphatic rings. The largest absolute Gasteiger partial charge is 0.399 e. The summed E-state index contributed by atoms with van der Waals surface area (Å²) >= 11 is 0. The van der Waals surface area contributed by atoms with Gasteiger partial charge in [0, 0.05) is 28.3 Å². The van der Waals surface area contributed by atoms with E-state index in [9.17, 15) is 0 Å². The molecule has 2 aromatic carbocycles. The topological polar surface area (TPSA) is 106 Å². The van der Waals surface area contributed by atoms with Gasteiger partial charge in [-0.05, 0) is 36.4 Å². The van der Waals surface area contributed by atoms with Gasteiger partial charge < -0.3 is 21.8 Å². The number of nitrogens with zero attached hydrogens (tertiary/aromatic N) is 2. The van der Waals surface area contributed by atoms with E-state index in [2.05, 4.69) is 20.3 Å². The van der Waals surface area contributed by atoms with Crippen molar-refractivity contribution in [1.82, 2.24) is 15.0 Å². The lowest BCUT2D eigenvalue weighted by Gasteiger charge is -2.06. The van der Waals surface area contributed by atoms with E-state index in [0.29, 0.717) is 5.69 Å². The molecule has 0 saturated carbocycles. The fraction of sp³-hybridized carbons (Fsp3) is 0. The Morgan fingerprint density at radius 2 is 1.67 bits per heavy atom. The standard InChI is InChI=1S/C18H16N6/c19-12-4-1-3-11(7-12)16-9-15-17(21-10-22-18(15)24-16)23-14-6-2-5-13(20)8-14/h1-10H,19-20H2,(H2,21,22,23,24). The van der Waals surface area contributed by atoms with Crippen LogP contribution in [0.5, 0.6) is 0 Å². The summed E-state index contributed by atoms with van der Waals surface area (Å²) in [5.41, 5.74) is 16.7. The van der Waals surface area contributed by atoms with E-state index < -0.39 is 0 Å². The van der Waals surface area contributed by atoms with E-state index in [1.54, 1.807) is 0 Å². The van der Waals surface area contributed by atoms with Crippen LogP contribution in [0.4, 0.5) is 22.9 Å². The van der Waals surface area contributed by atoms with Crippen LogP contribution in [0.1, 0.15) is 0 Å². The molecule has 0 saturated heterocycles. The third-order valence-electron chi connectivity index (χ3n) is 3.77. The van der Waals surface area contributed by atoms with Gasteiger partial charge in [-0.25, -0.2) is 9.97 Å². The van der Waals surface area contributed by atoms with E-state index in [1.807, 2.05) is 54.6 Å². The third-order valence-corrected chi connectivity index (χ3v) is 3.77. The van der Waals surface area contributed by atoms with Gasteiger partial charge in [-0.2, -0.15) is 0 Å². The number of fused-ring (bicyclic) bond motifs is 1. The summed E-state index contributed by atoms with van der Waals surface area (Å²) in [6.45, 7) is 0. The van der Waals surface area contributed by atoms with Crippen LogP contribution >= 0.6 is 0 Å². The Hall–Kier alpha value is -3.54. The molecular weight excluding hydrogens is 300 g/mol. The molecule has 0 atom stereocenters. The second-order valence-corrected chi connectivity index (χ2v) is 5.54. The second-order valence-electron chi connectivity index (χ2n) is 5.54. The molecule has 6 N–H and O–H groups in total. The fourth-order valence-electron chi connectivity index (χ4n) is 2.65. The molecule has 0 spiro atoms. The first-order valence-corrected chi connectivity index (χ1v) is 7.51. The highest BCUT2D eigenvalue weighted by molar-refractivity contribution is 5.93. The molecule has 2 heterocycles. The van der Waals surface area contributed by atoms with Gasteiger partial charge in [0.2, 0.25) is 0 Å². The molecule has 0 aliphatic carbocycles. The van der Waals surface area contributed by atoms with Gasteiger partial charge in [-0.15, -0.1) is 0 Å². The molecule has 6 nitrogen and oxygen atoms in total. The Labute approximate surface area is 138 Å². The third kappa shape index (κ3) is 2.61. The van der Waals surface area contributed by atoms with Crippen LogP contribution < -0.4 is 16.8 Å². The number of nitrogen functional groups attached to an aromatic ring is 2. The Bertz CT molecular complexity index is 1020. The van der Waals surface area contributed by atoms with Crippen LogP contribution in [-0.2, 0) is 0 Å². The molecular formula is C18H16N6. The van der Waals surface area contributed by atoms with E-state index >= 15 is 0 Å². The van der Waals surface area contributed by atoms with E-state index in [-0.39, 0.29) is 0 Å². The lowest BCUT2D eigenvalue weighted by Crippen LogP contribution is -1.95. The summed E-state index contributed by atoms with van der Waals surface area (Å²) < 4.78 is 0. The molecule has 0 bridgehead atoms. The van der Waals surface area contributed by atoms with Crippen LogP contribution in [0, 0.1) is 0 Å². The number of nitrogens with two attached hydrogens (primary N) is 2. The number of aromatic nitrogens is 3. The molecule has 24 heavy (non-hydrogen) atoms. The number of rotatable bonds is 3. The molecule has 0 fully saturated rings. The van der Waals surface area contributed by atoms with Crippen molar-refractivity contribution in [1.29, 1.82) is 0 Å². The molecule has 0 amide bonds. The number of benzene rings is 2. The zero-order chi connectivity index (χ0) is 16.5. The summed E-state index contributed by atoms with van der Waals surface area (Å²) in [5.74, 6) is 0.719. The Kier molecular flexibility index (Phi) is 3.28. The van der Waals surface area contributed by atoms with Crippen molar-refractivity contribution in [3.63, 3.8) is 0 Å². The average molecular weight is 316 g/mol. The van der Waals surface area contributed by atoms with Crippen molar-refractivity contribution in [2.45, 2.75) is 0 Å². The highest BCUT2D eigenvalue weighted by atomic mass is 15.0. The van der Waals surface area contributed by atoms with E-state index in [1.165, 1.54) is 6.33 Å². The summed E-state index contributed by atoms with van der Waals surface area (Å²) in [7, 11) is 0. The van der Waals surface area contributed by atoms with Gasteiger partial charge in [0.05, 0.1) is 5.39 Å². The lowest BCUT2D eigenvalue weighted by molar-refractivity contribution is 1.20. The number of H-pyrrole nitrogens is 1. The number of aromatic amines is 1. The SMILES string of the molecule is Nc1cccc(Nc2ncnc3[nH]c(-c4cccc(N)c4)cc23)c1. The van der Waals surface area contributed by atoms with Crippen molar-refractivity contribution in [3.8, 4) is 11.3 Å². The van der Waals surface area contributed by atoms with Gasteiger partial charge >= 0.3 is 0 Å². The number of nitrogens with one attached hydrogen (secondary N) is 2.